The molecular weight excluding hydrogens is 262 g/mol. The number of nitrogens with zero attached hydrogens (tertiary/aromatic N) is 1. The molecule has 0 saturated carbocycles. The van der Waals surface area contributed by atoms with Crippen molar-refractivity contribution in [1.29, 1.82) is 0 Å². The smallest absolute Gasteiger partial charge is 0.257 e. The van der Waals surface area contributed by atoms with Crippen LogP contribution in [0, 0.1) is 0 Å². The van der Waals surface area contributed by atoms with E-state index in [1.54, 1.807) is 32.4 Å². The summed E-state index contributed by atoms with van der Waals surface area (Å²) in [5.74, 6) is 0.920. The Balaban J connectivity index is 2.90. The summed E-state index contributed by atoms with van der Waals surface area (Å²) < 4.78 is 20.5. The van der Waals surface area contributed by atoms with Gasteiger partial charge in [-0.25, -0.2) is 0 Å². The van der Waals surface area contributed by atoms with E-state index in [1.165, 1.54) is 26.2 Å². The van der Waals surface area contributed by atoms with E-state index in [1.807, 2.05) is 0 Å². The molecule has 6 heteroatoms. The van der Waals surface area contributed by atoms with Crippen LogP contribution in [0.25, 0.3) is 0 Å². The number of amides is 1. The molecule has 112 valence electrons. The first-order chi connectivity index (χ1) is 9.57. The zero-order valence-electron chi connectivity index (χ0n) is 12.5. The van der Waals surface area contributed by atoms with Crippen LogP contribution in [-0.4, -0.2) is 59.1 Å². The molecule has 6 nitrogen and oxygen atoms in total. The predicted molar refractivity (Wildman–Crippen MR) is 74.3 cm³/mol. The summed E-state index contributed by atoms with van der Waals surface area (Å²) in [6.45, 7) is 0.320. The molecule has 0 spiro atoms. The van der Waals surface area contributed by atoms with Gasteiger partial charge in [-0.15, -0.1) is 0 Å². The fraction of sp³-hybridized carbons (Fsp3) is 0.500. The minimum Gasteiger partial charge on any atom is -0.497 e. The van der Waals surface area contributed by atoms with Crippen LogP contribution in [0.2, 0.25) is 0 Å². The molecule has 0 heterocycles. The van der Waals surface area contributed by atoms with E-state index in [2.05, 4.69) is 0 Å². The van der Waals surface area contributed by atoms with Crippen molar-refractivity contribution < 1.29 is 23.7 Å². The summed E-state index contributed by atoms with van der Waals surface area (Å²) in [6, 6.07) is 5.06. The minimum absolute atomic E-state index is 0.177. The quantitative estimate of drug-likeness (QED) is 0.708. The van der Waals surface area contributed by atoms with Crippen LogP contribution in [-0.2, 0) is 9.47 Å². The number of benzene rings is 1. The Morgan fingerprint density at radius 3 is 2.30 bits per heavy atom. The second-order valence-electron chi connectivity index (χ2n) is 4.15. The fourth-order valence-electron chi connectivity index (χ4n) is 1.73. The van der Waals surface area contributed by atoms with Crippen LogP contribution in [0.3, 0.4) is 0 Å². The Morgan fingerprint density at radius 2 is 1.80 bits per heavy atom. The summed E-state index contributed by atoms with van der Waals surface area (Å²) in [6.07, 6.45) is -0.465. The Kier molecular flexibility index (Phi) is 6.27. The molecule has 0 aliphatic carbocycles. The van der Waals surface area contributed by atoms with Crippen LogP contribution in [0.5, 0.6) is 11.5 Å². The molecule has 0 atom stereocenters. The highest BCUT2D eigenvalue weighted by Gasteiger charge is 2.20. The number of carbonyl (C=O) groups excluding carboxylic acids is 1. The van der Waals surface area contributed by atoms with E-state index < -0.39 is 6.29 Å². The standard InChI is InChI=1S/C14H21NO5/c1-15(9-13(19-4)20-5)14(16)11-7-6-10(17-2)8-12(11)18-3/h6-8,13H,9H2,1-5H3. The fourth-order valence-corrected chi connectivity index (χ4v) is 1.73. The molecule has 0 fully saturated rings. The molecule has 0 unspecified atom stereocenters. The highest BCUT2D eigenvalue weighted by Crippen LogP contribution is 2.25. The van der Waals surface area contributed by atoms with Crippen LogP contribution in [0.4, 0.5) is 0 Å². The lowest BCUT2D eigenvalue weighted by Gasteiger charge is -2.23. The maximum Gasteiger partial charge on any atom is 0.257 e. The van der Waals surface area contributed by atoms with Gasteiger partial charge in [-0.05, 0) is 12.1 Å². The van der Waals surface area contributed by atoms with E-state index in [4.69, 9.17) is 18.9 Å². The zero-order valence-corrected chi connectivity index (χ0v) is 12.5. The molecule has 0 aromatic heterocycles. The van der Waals surface area contributed by atoms with Gasteiger partial charge >= 0.3 is 0 Å². The van der Waals surface area contributed by atoms with E-state index in [9.17, 15) is 4.79 Å². The first-order valence-corrected chi connectivity index (χ1v) is 6.10. The van der Waals surface area contributed by atoms with Gasteiger partial charge in [-0.1, -0.05) is 0 Å². The largest absolute Gasteiger partial charge is 0.497 e. The molecular formula is C14H21NO5. The highest BCUT2D eigenvalue weighted by atomic mass is 16.7. The summed E-state index contributed by atoms with van der Waals surface area (Å²) in [7, 11) is 7.81. The molecule has 1 aromatic carbocycles. The van der Waals surface area contributed by atoms with Crippen molar-refractivity contribution in [1.82, 2.24) is 4.90 Å². The predicted octanol–water partition coefficient (Wildman–Crippen LogP) is 1.39. The van der Waals surface area contributed by atoms with Crippen LogP contribution in [0.15, 0.2) is 18.2 Å². The molecule has 1 amide bonds. The topological polar surface area (TPSA) is 57.2 Å². The highest BCUT2D eigenvalue weighted by molar-refractivity contribution is 5.97. The maximum absolute atomic E-state index is 12.4. The third-order valence-electron chi connectivity index (χ3n) is 2.93. The Bertz CT molecular complexity index is 445. The Labute approximate surface area is 119 Å². The summed E-state index contributed by atoms with van der Waals surface area (Å²) in [4.78, 5) is 13.9. The van der Waals surface area contributed by atoms with Gasteiger partial charge in [0.05, 0.1) is 26.3 Å². The van der Waals surface area contributed by atoms with Gasteiger partial charge in [0.1, 0.15) is 11.5 Å². The number of rotatable bonds is 7. The van der Waals surface area contributed by atoms with Gasteiger partial charge in [0.15, 0.2) is 6.29 Å². The number of ether oxygens (including phenoxy) is 4. The summed E-state index contributed by atoms with van der Waals surface area (Å²) >= 11 is 0. The molecule has 20 heavy (non-hydrogen) atoms. The molecule has 0 saturated heterocycles. The van der Waals surface area contributed by atoms with Crippen molar-refractivity contribution in [2.45, 2.75) is 6.29 Å². The average Bonchev–Trinajstić information content (AvgIpc) is 2.50. The first-order valence-electron chi connectivity index (χ1n) is 6.10. The molecule has 0 aliphatic rings. The second-order valence-corrected chi connectivity index (χ2v) is 4.15. The number of hydrogen-bond acceptors (Lipinski definition) is 5. The van der Waals surface area contributed by atoms with E-state index in [-0.39, 0.29) is 5.91 Å². The zero-order chi connectivity index (χ0) is 15.1. The van der Waals surface area contributed by atoms with Crippen molar-refractivity contribution in [2.24, 2.45) is 0 Å². The van der Waals surface area contributed by atoms with Crippen molar-refractivity contribution in [3.8, 4) is 11.5 Å². The summed E-state index contributed by atoms with van der Waals surface area (Å²) in [5.41, 5.74) is 0.460. The Hall–Kier alpha value is -1.79. The Morgan fingerprint density at radius 1 is 1.15 bits per heavy atom. The van der Waals surface area contributed by atoms with E-state index in [0.717, 1.165) is 0 Å². The number of hydrogen-bond donors (Lipinski definition) is 0. The number of carbonyl (C=O) groups is 1. The van der Waals surface area contributed by atoms with E-state index in [0.29, 0.717) is 23.6 Å². The molecule has 0 bridgehead atoms. The third-order valence-corrected chi connectivity index (χ3v) is 2.93. The van der Waals surface area contributed by atoms with Crippen molar-refractivity contribution in [3.63, 3.8) is 0 Å². The third kappa shape index (κ3) is 3.85. The minimum atomic E-state index is -0.465. The van der Waals surface area contributed by atoms with Crippen molar-refractivity contribution in [3.05, 3.63) is 23.8 Å². The van der Waals surface area contributed by atoms with E-state index >= 15 is 0 Å². The van der Waals surface area contributed by atoms with Crippen molar-refractivity contribution >= 4 is 5.91 Å². The molecule has 1 rings (SSSR count). The normalized spacial score (nSPS) is 10.5. The lowest BCUT2D eigenvalue weighted by atomic mass is 10.1. The average molecular weight is 283 g/mol. The monoisotopic (exact) mass is 283 g/mol. The molecule has 1 aromatic rings. The molecule has 0 aliphatic heterocycles. The maximum atomic E-state index is 12.4. The number of likely N-dealkylation sites (N-methyl/N-ethyl adjacent to an activating group) is 1. The number of methoxy groups -OCH3 is 4. The van der Waals surface area contributed by atoms with Gasteiger partial charge in [-0.2, -0.15) is 0 Å². The van der Waals surface area contributed by atoms with Gasteiger partial charge < -0.3 is 23.8 Å². The van der Waals surface area contributed by atoms with Gasteiger partial charge in [0.2, 0.25) is 0 Å². The van der Waals surface area contributed by atoms with Gasteiger partial charge in [0, 0.05) is 27.3 Å². The lowest BCUT2D eigenvalue weighted by molar-refractivity contribution is -0.110. The second kappa shape index (κ2) is 7.72. The lowest BCUT2D eigenvalue weighted by Crippen LogP contribution is -2.36. The summed E-state index contributed by atoms with van der Waals surface area (Å²) in [5, 5.41) is 0. The van der Waals surface area contributed by atoms with Crippen LogP contribution >= 0.6 is 0 Å². The van der Waals surface area contributed by atoms with Crippen molar-refractivity contribution in [2.75, 3.05) is 42.0 Å². The molecule has 0 radical (unpaired) electrons. The van der Waals surface area contributed by atoms with Crippen LogP contribution < -0.4 is 9.47 Å². The van der Waals surface area contributed by atoms with Gasteiger partial charge in [0.25, 0.3) is 5.91 Å². The van der Waals surface area contributed by atoms with Crippen LogP contribution in [0.1, 0.15) is 10.4 Å². The first kappa shape index (κ1) is 16.3. The van der Waals surface area contributed by atoms with Gasteiger partial charge in [-0.3, -0.25) is 4.79 Å². The molecule has 0 N–H and O–H groups in total. The SMILES string of the molecule is COc1ccc(C(=O)N(C)CC(OC)OC)c(OC)c1.